The third-order valence-corrected chi connectivity index (χ3v) is 5.89. The van der Waals surface area contributed by atoms with Crippen molar-refractivity contribution < 1.29 is 27.8 Å². The minimum atomic E-state index is -5.08. The summed E-state index contributed by atoms with van der Waals surface area (Å²) in [6.45, 7) is 0.883. The quantitative estimate of drug-likeness (QED) is 0.366. The van der Waals surface area contributed by atoms with Gasteiger partial charge in [-0.2, -0.15) is 13.2 Å². The van der Waals surface area contributed by atoms with Gasteiger partial charge in [0.1, 0.15) is 5.75 Å². The predicted molar refractivity (Wildman–Crippen MR) is 126 cm³/mol. The zero-order valence-corrected chi connectivity index (χ0v) is 18.9. The number of fused-ring (bicyclic) bond motifs is 2. The molecule has 4 aromatic rings. The second-order valence-corrected chi connectivity index (χ2v) is 8.26. The number of carbonyl (C=O) groups is 1. The molecule has 0 saturated heterocycles. The average Bonchev–Trinajstić information content (AvgIpc) is 3.48. The minimum Gasteiger partial charge on any atom is -0.497 e. The highest BCUT2D eigenvalue weighted by Crippen LogP contribution is 2.27. The number of H-pyrrole nitrogens is 1. The number of aromatic amines is 1. The maximum Gasteiger partial charge on any atom is 0.490 e. The maximum atomic E-state index is 10.6. The fraction of sp³-hybridized carbons (Fsp3) is 0.231. The second kappa shape index (κ2) is 10.2. The Morgan fingerprint density at radius 3 is 2.43 bits per heavy atom. The first-order chi connectivity index (χ1) is 16.7. The third kappa shape index (κ3) is 5.99. The van der Waals surface area contributed by atoms with E-state index in [1.54, 1.807) is 13.4 Å². The molecule has 0 fully saturated rings. The first-order valence-electron chi connectivity index (χ1n) is 10.9. The van der Waals surface area contributed by atoms with Gasteiger partial charge in [-0.15, -0.1) is 0 Å². The Morgan fingerprint density at radius 1 is 1.06 bits per heavy atom. The van der Waals surface area contributed by atoms with Crippen LogP contribution in [0.25, 0.3) is 22.2 Å². The van der Waals surface area contributed by atoms with Crippen molar-refractivity contribution in [3.63, 3.8) is 0 Å². The number of aliphatic carboxylic acids is 1. The first kappa shape index (κ1) is 24.3. The highest BCUT2D eigenvalue weighted by molar-refractivity contribution is 5.81. The molecule has 5 rings (SSSR count). The molecule has 1 aromatic heterocycles. The SMILES string of the molecule is COc1ccc2c(c1)CC(NCc1ccc(-c3ccc4[nH]cnc4c3)cc1)C2.O=C(O)C(F)(F)F. The smallest absolute Gasteiger partial charge is 0.490 e. The Kier molecular flexibility index (Phi) is 7.07. The number of hydrogen-bond acceptors (Lipinski definition) is 4. The molecular formula is C26H24F3N3O3. The highest BCUT2D eigenvalue weighted by Gasteiger charge is 2.38. The van der Waals surface area contributed by atoms with Crippen LogP contribution in [0.2, 0.25) is 0 Å². The number of carboxylic acids is 1. The number of ether oxygens (including phenoxy) is 1. The highest BCUT2D eigenvalue weighted by atomic mass is 19.4. The van der Waals surface area contributed by atoms with Crippen molar-refractivity contribution in [2.24, 2.45) is 0 Å². The van der Waals surface area contributed by atoms with E-state index in [9.17, 15) is 13.2 Å². The summed E-state index contributed by atoms with van der Waals surface area (Å²) >= 11 is 0. The molecule has 1 atom stereocenters. The Bertz CT molecular complexity index is 1320. The molecule has 3 N–H and O–H groups in total. The van der Waals surface area contributed by atoms with Gasteiger partial charge < -0.3 is 20.1 Å². The van der Waals surface area contributed by atoms with Crippen LogP contribution >= 0.6 is 0 Å². The Balaban J connectivity index is 0.000000364. The predicted octanol–water partition coefficient (Wildman–Crippen LogP) is 5.13. The molecule has 0 saturated carbocycles. The molecule has 0 amide bonds. The summed E-state index contributed by atoms with van der Waals surface area (Å²) in [4.78, 5) is 16.4. The number of methoxy groups -OCH3 is 1. The first-order valence-corrected chi connectivity index (χ1v) is 10.9. The number of carboxylic acid groups (broad SMARTS) is 1. The summed E-state index contributed by atoms with van der Waals surface area (Å²) in [5, 5.41) is 10.8. The number of benzene rings is 3. The molecule has 1 aliphatic carbocycles. The lowest BCUT2D eigenvalue weighted by Gasteiger charge is -2.12. The van der Waals surface area contributed by atoms with Gasteiger partial charge in [0.15, 0.2) is 0 Å². The van der Waals surface area contributed by atoms with E-state index < -0.39 is 12.1 Å². The van der Waals surface area contributed by atoms with Gasteiger partial charge in [-0.05, 0) is 64.9 Å². The summed E-state index contributed by atoms with van der Waals surface area (Å²) in [6, 6.07) is 22.1. The molecule has 0 bridgehead atoms. The van der Waals surface area contributed by atoms with Gasteiger partial charge in [-0.1, -0.05) is 36.4 Å². The Morgan fingerprint density at radius 2 is 1.74 bits per heavy atom. The molecular weight excluding hydrogens is 459 g/mol. The number of nitrogens with one attached hydrogen (secondary N) is 2. The molecule has 1 aliphatic rings. The van der Waals surface area contributed by atoms with Crippen LogP contribution in [0.5, 0.6) is 5.75 Å². The summed E-state index contributed by atoms with van der Waals surface area (Å²) in [5.41, 5.74) is 8.62. The fourth-order valence-corrected chi connectivity index (χ4v) is 4.05. The Hall–Kier alpha value is -3.85. The molecule has 35 heavy (non-hydrogen) atoms. The van der Waals surface area contributed by atoms with Gasteiger partial charge >= 0.3 is 12.1 Å². The summed E-state index contributed by atoms with van der Waals surface area (Å²) in [5.74, 6) is -1.81. The third-order valence-electron chi connectivity index (χ3n) is 5.89. The molecule has 6 nitrogen and oxygen atoms in total. The zero-order chi connectivity index (χ0) is 25.0. The summed E-state index contributed by atoms with van der Waals surface area (Å²) in [6.07, 6.45) is -1.20. The van der Waals surface area contributed by atoms with Gasteiger partial charge in [0, 0.05) is 12.6 Å². The fourth-order valence-electron chi connectivity index (χ4n) is 4.05. The van der Waals surface area contributed by atoms with Crippen LogP contribution in [0.3, 0.4) is 0 Å². The Labute approximate surface area is 199 Å². The number of imidazole rings is 1. The average molecular weight is 483 g/mol. The molecule has 0 radical (unpaired) electrons. The number of hydrogen-bond donors (Lipinski definition) is 3. The molecule has 1 unspecified atom stereocenters. The van der Waals surface area contributed by atoms with Crippen LogP contribution in [0.1, 0.15) is 16.7 Å². The zero-order valence-electron chi connectivity index (χ0n) is 18.9. The van der Waals surface area contributed by atoms with Gasteiger partial charge in [0.25, 0.3) is 0 Å². The second-order valence-electron chi connectivity index (χ2n) is 8.26. The van der Waals surface area contributed by atoms with E-state index in [0.29, 0.717) is 6.04 Å². The van der Waals surface area contributed by atoms with Crippen molar-refractivity contribution in [1.29, 1.82) is 0 Å². The van der Waals surface area contributed by atoms with Gasteiger partial charge in [0.05, 0.1) is 24.5 Å². The van der Waals surface area contributed by atoms with Crippen LogP contribution in [0.4, 0.5) is 13.2 Å². The van der Waals surface area contributed by atoms with Crippen LogP contribution < -0.4 is 10.1 Å². The van der Waals surface area contributed by atoms with Gasteiger partial charge in [-0.3, -0.25) is 0 Å². The van der Waals surface area contributed by atoms with Crippen molar-refractivity contribution in [2.45, 2.75) is 31.6 Å². The van der Waals surface area contributed by atoms with Crippen molar-refractivity contribution in [1.82, 2.24) is 15.3 Å². The van der Waals surface area contributed by atoms with E-state index >= 15 is 0 Å². The maximum absolute atomic E-state index is 10.6. The number of alkyl halides is 3. The van der Waals surface area contributed by atoms with E-state index in [0.717, 1.165) is 36.2 Å². The summed E-state index contributed by atoms with van der Waals surface area (Å²) < 4.78 is 37.1. The minimum absolute atomic E-state index is 0.490. The van der Waals surface area contributed by atoms with E-state index in [1.165, 1.54) is 27.8 Å². The van der Waals surface area contributed by atoms with Crippen LogP contribution in [-0.4, -0.2) is 40.4 Å². The van der Waals surface area contributed by atoms with Crippen molar-refractivity contribution in [3.05, 3.63) is 83.7 Å². The molecule has 182 valence electrons. The molecule has 1 heterocycles. The van der Waals surface area contributed by atoms with Crippen molar-refractivity contribution in [2.75, 3.05) is 7.11 Å². The lowest BCUT2D eigenvalue weighted by Crippen LogP contribution is -2.28. The number of rotatable bonds is 5. The van der Waals surface area contributed by atoms with E-state index in [2.05, 4.69) is 75.9 Å². The van der Waals surface area contributed by atoms with Crippen LogP contribution in [0, 0.1) is 0 Å². The molecule has 0 spiro atoms. The number of halogens is 3. The molecule has 3 aromatic carbocycles. The van der Waals surface area contributed by atoms with E-state index in [4.69, 9.17) is 14.6 Å². The standard InChI is InChI=1S/C24H23N3O.C2HF3O2/c1-28-22-8-6-18-10-21(11-20(18)12-22)25-14-16-2-4-17(5-3-16)19-7-9-23-24(13-19)27-15-26-23;3-2(4,5)1(6)7/h2-9,12-13,15,21,25H,10-11,14H2,1H3,(H,26,27);(H,6,7). The molecule has 0 aliphatic heterocycles. The number of aromatic nitrogens is 2. The topological polar surface area (TPSA) is 87.2 Å². The van der Waals surface area contributed by atoms with Gasteiger partial charge in [0.2, 0.25) is 0 Å². The van der Waals surface area contributed by atoms with Gasteiger partial charge in [-0.25, -0.2) is 9.78 Å². The number of nitrogens with zero attached hydrogens (tertiary/aromatic N) is 1. The normalized spacial score (nSPS) is 14.8. The van der Waals surface area contributed by atoms with Crippen LogP contribution in [0.15, 0.2) is 67.0 Å². The monoisotopic (exact) mass is 483 g/mol. The van der Waals surface area contributed by atoms with Crippen molar-refractivity contribution >= 4 is 17.0 Å². The lowest BCUT2D eigenvalue weighted by molar-refractivity contribution is -0.192. The molecule has 9 heteroatoms. The lowest BCUT2D eigenvalue weighted by atomic mass is 10.0. The van der Waals surface area contributed by atoms with E-state index in [1.807, 2.05) is 0 Å². The van der Waals surface area contributed by atoms with Crippen molar-refractivity contribution in [3.8, 4) is 16.9 Å². The van der Waals surface area contributed by atoms with E-state index in [-0.39, 0.29) is 0 Å². The van der Waals surface area contributed by atoms with Crippen LogP contribution in [-0.2, 0) is 24.2 Å². The largest absolute Gasteiger partial charge is 0.497 e. The summed E-state index contributed by atoms with van der Waals surface area (Å²) in [7, 11) is 1.73.